The van der Waals surface area contributed by atoms with Crippen LogP contribution in [0.1, 0.15) is 53.4 Å². The van der Waals surface area contributed by atoms with Gasteiger partial charge in [0.1, 0.15) is 0 Å². The molecular weight excluding hydrogens is 324 g/mol. The number of hydrogen-bond donors (Lipinski definition) is 3. The van der Waals surface area contributed by atoms with Crippen LogP contribution in [-0.4, -0.2) is 17.2 Å². The summed E-state index contributed by atoms with van der Waals surface area (Å²) in [5, 5.41) is 12.1. The van der Waals surface area contributed by atoms with Crippen LogP contribution in [0.5, 0.6) is 0 Å². The van der Waals surface area contributed by atoms with E-state index in [1.807, 2.05) is 12.1 Å². The van der Waals surface area contributed by atoms with Gasteiger partial charge in [-0.1, -0.05) is 48.5 Å². The third kappa shape index (κ3) is 4.21. The minimum Gasteiger partial charge on any atom is -0.309 e. The fraction of sp³-hybridized carbons (Fsp3) is 0.318. The predicted molar refractivity (Wildman–Crippen MR) is 102 cm³/mol. The van der Waals surface area contributed by atoms with Crippen molar-refractivity contribution in [3.63, 3.8) is 0 Å². The summed E-state index contributed by atoms with van der Waals surface area (Å²) >= 11 is 0. The highest BCUT2D eigenvalue weighted by Gasteiger charge is 2.37. The molecule has 4 rings (SSSR count). The molecule has 26 heavy (non-hydrogen) atoms. The van der Waals surface area contributed by atoms with Gasteiger partial charge >= 0.3 is 0 Å². The second kappa shape index (κ2) is 7.44. The molecule has 2 atom stereocenters. The van der Waals surface area contributed by atoms with Crippen molar-refractivity contribution in [1.29, 1.82) is 0 Å². The van der Waals surface area contributed by atoms with Crippen LogP contribution >= 0.6 is 0 Å². The van der Waals surface area contributed by atoms with Crippen LogP contribution < -0.4 is 10.8 Å². The lowest BCUT2D eigenvalue weighted by molar-refractivity contribution is -0.124. The van der Waals surface area contributed by atoms with Gasteiger partial charge in [-0.05, 0) is 53.5 Å². The van der Waals surface area contributed by atoms with Crippen molar-refractivity contribution in [2.24, 2.45) is 0 Å². The van der Waals surface area contributed by atoms with Crippen LogP contribution in [0.3, 0.4) is 0 Å². The van der Waals surface area contributed by atoms with Crippen molar-refractivity contribution in [1.82, 2.24) is 10.8 Å². The molecule has 2 aromatic carbocycles. The Bertz CT molecular complexity index is 792. The SMILES string of the molecule is O=C(/C=C/c1ccc(CNC2CC2c2ccc(C3CC3)cc2)cc1)NO. The van der Waals surface area contributed by atoms with E-state index in [4.69, 9.17) is 5.21 Å². The molecule has 2 aliphatic rings. The maximum absolute atomic E-state index is 11.0. The largest absolute Gasteiger partial charge is 0.309 e. The van der Waals surface area contributed by atoms with Crippen molar-refractivity contribution < 1.29 is 10.0 Å². The number of nitrogens with one attached hydrogen (secondary N) is 2. The number of carbonyl (C=O) groups is 1. The lowest BCUT2D eigenvalue weighted by Gasteiger charge is -2.06. The monoisotopic (exact) mass is 348 g/mol. The Balaban J connectivity index is 1.26. The normalized spacial score (nSPS) is 21.7. The molecular formula is C22H24N2O2. The van der Waals surface area contributed by atoms with Crippen LogP contribution in [-0.2, 0) is 11.3 Å². The molecule has 2 fully saturated rings. The first-order valence-corrected chi connectivity index (χ1v) is 9.27. The zero-order valence-corrected chi connectivity index (χ0v) is 14.7. The quantitative estimate of drug-likeness (QED) is 0.406. The van der Waals surface area contributed by atoms with Crippen LogP contribution in [0, 0.1) is 0 Å². The smallest absolute Gasteiger partial charge is 0.267 e. The summed E-state index contributed by atoms with van der Waals surface area (Å²) in [6, 6.07) is 17.9. The van der Waals surface area contributed by atoms with Crippen LogP contribution in [0.15, 0.2) is 54.6 Å². The van der Waals surface area contributed by atoms with Gasteiger partial charge in [-0.25, -0.2) is 5.48 Å². The number of amides is 1. The van der Waals surface area contributed by atoms with E-state index >= 15 is 0 Å². The molecule has 2 aromatic rings. The zero-order valence-electron chi connectivity index (χ0n) is 14.7. The molecule has 134 valence electrons. The molecule has 0 heterocycles. The van der Waals surface area contributed by atoms with Crippen LogP contribution in [0.25, 0.3) is 6.08 Å². The first kappa shape index (κ1) is 17.0. The summed E-state index contributed by atoms with van der Waals surface area (Å²) in [5.41, 5.74) is 6.69. The van der Waals surface area contributed by atoms with E-state index in [9.17, 15) is 4.79 Å². The van der Waals surface area contributed by atoms with Crippen LogP contribution in [0.2, 0.25) is 0 Å². The van der Waals surface area contributed by atoms with Gasteiger partial charge in [0.05, 0.1) is 0 Å². The minimum absolute atomic E-state index is 0.527. The van der Waals surface area contributed by atoms with Crippen molar-refractivity contribution in [2.45, 2.75) is 43.7 Å². The van der Waals surface area contributed by atoms with E-state index in [0.717, 1.165) is 18.0 Å². The molecule has 0 saturated heterocycles. The van der Waals surface area contributed by atoms with Gasteiger partial charge in [0.2, 0.25) is 0 Å². The standard InChI is InChI=1S/C22H24N2O2/c25-22(24-26)12-5-15-1-3-16(4-2-15)14-23-21-13-20(21)19-10-8-18(9-11-19)17-6-7-17/h1-5,8-12,17,20-21,23,26H,6-7,13-14H2,(H,24,25)/b12-5+. The molecule has 0 aromatic heterocycles. The summed E-state index contributed by atoms with van der Waals surface area (Å²) in [6.45, 7) is 0.850. The highest BCUT2D eigenvalue weighted by atomic mass is 16.5. The maximum Gasteiger partial charge on any atom is 0.267 e. The number of hydroxylamine groups is 1. The predicted octanol–water partition coefficient (Wildman–Crippen LogP) is 3.73. The molecule has 2 saturated carbocycles. The Morgan fingerprint density at radius 2 is 1.73 bits per heavy atom. The van der Waals surface area contributed by atoms with Gasteiger partial charge < -0.3 is 5.32 Å². The lowest BCUT2D eigenvalue weighted by atomic mass is 10.1. The Morgan fingerprint density at radius 1 is 1.04 bits per heavy atom. The van der Waals surface area contributed by atoms with Crippen molar-refractivity contribution >= 4 is 12.0 Å². The second-order valence-corrected chi connectivity index (χ2v) is 7.32. The summed E-state index contributed by atoms with van der Waals surface area (Å²) in [7, 11) is 0. The summed E-state index contributed by atoms with van der Waals surface area (Å²) in [6.07, 6.45) is 6.90. The third-order valence-corrected chi connectivity index (χ3v) is 5.29. The molecule has 0 spiro atoms. The summed E-state index contributed by atoms with van der Waals surface area (Å²) in [4.78, 5) is 11.0. The number of benzene rings is 2. The van der Waals surface area contributed by atoms with E-state index in [2.05, 4.69) is 41.7 Å². The average molecular weight is 348 g/mol. The Hall–Kier alpha value is -2.43. The Labute approximate surface area is 153 Å². The Kier molecular flexibility index (Phi) is 4.87. The average Bonchev–Trinajstić information content (AvgIpc) is 3.59. The summed E-state index contributed by atoms with van der Waals surface area (Å²) in [5.74, 6) is 0.941. The number of carbonyl (C=O) groups excluding carboxylic acids is 1. The molecule has 0 radical (unpaired) electrons. The Morgan fingerprint density at radius 3 is 2.38 bits per heavy atom. The molecule has 0 bridgehead atoms. The van der Waals surface area contributed by atoms with Gasteiger partial charge in [-0.2, -0.15) is 0 Å². The fourth-order valence-corrected chi connectivity index (χ4v) is 3.43. The minimum atomic E-state index is -0.527. The third-order valence-electron chi connectivity index (χ3n) is 5.29. The molecule has 2 unspecified atom stereocenters. The fourth-order valence-electron chi connectivity index (χ4n) is 3.43. The highest BCUT2D eigenvalue weighted by Crippen LogP contribution is 2.43. The van der Waals surface area contributed by atoms with E-state index in [-0.39, 0.29) is 0 Å². The second-order valence-electron chi connectivity index (χ2n) is 7.32. The van der Waals surface area contributed by atoms with Gasteiger partial charge in [-0.3, -0.25) is 10.0 Å². The van der Waals surface area contributed by atoms with Gasteiger partial charge in [0.15, 0.2) is 0 Å². The van der Waals surface area contributed by atoms with Gasteiger partial charge in [0.25, 0.3) is 5.91 Å². The number of rotatable bonds is 7. The zero-order chi connectivity index (χ0) is 17.9. The molecule has 2 aliphatic carbocycles. The molecule has 0 aliphatic heterocycles. The highest BCUT2D eigenvalue weighted by molar-refractivity contribution is 5.90. The van der Waals surface area contributed by atoms with Gasteiger partial charge in [-0.15, -0.1) is 0 Å². The van der Waals surface area contributed by atoms with E-state index < -0.39 is 5.91 Å². The summed E-state index contributed by atoms with van der Waals surface area (Å²) < 4.78 is 0. The van der Waals surface area contributed by atoms with Gasteiger partial charge in [0, 0.05) is 24.6 Å². The first-order valence-electron chi connectivity index (χ1n) is 9.27. The topological polar surface area (TPSA) is 61.4 Å². The number of hydrogen-bond acceptors (Lipinski definition) is 3. The molecule has 4 nitrogen and oxygen atoms in total. The van der Waals surface area contributed by atoms with Crippen molar-refractivity contribution in [3.05, 3.63) is 76.9 Å². The van der Waals surface area contributed by atoms with E-state index in [0.29, 0.717) is 12.0 Å². The molecule has 3 N–H and O–H groups in total. The molecule has 4 heteroatoms. The maximum atomic E-state index is 11.0. The van der Waals surface area contributed by atoms with E-state index in [1.165, 1.54) is 42.0 Å². The first-order chi connectivity index (χ1) is 12.7. The molecule has 1 amide bonds. The van der Waals surface area contributed by atoms with Crippen molar-refractivity contribution in [3.8, 4) is 0 Å². The van der Waals surface area contributed by atoms with E-state index in [1.54, 1.807) is 11.6 Å². The lowest BCUT2D eigenvalue weighted by Crippen LogP contribution is -2.17. The van der Waals surface area contributed by atoms with Crippen molar-refractivity contribution in [2.75, 3.05) is 0 Å². The van der Waals surface area contributed by atoms with Crippen LogP contribution in [0.4, 0.5) is 0 Å².